The lowest BCUT2D eigenvalue weighted by Crippen LogP contribution is -2.50. The van der Waals surface area contributed by atoms with E-state index in [1.165, 1.54) is 18.2 Å². The van der Waals surface area contributed by atoms with Crippen molar-refractivity contribution in [2.45, 2.75) is 76.3 Å². The number of carbonyl (C=O) groups is 2. The molecule has 0 saturated carbocycles. The number of amidine groups is 1. The molecule has 3 heterocycles. The van der Waals surface area contributed by atoms with Crippen LogP contribution in [0.15, 0.2) is 40.7 Å². The minimum atomic E-state index is -4.65. The summed E-state index contributed by atoms with van der Waals surface area (Å²) in [5.41, 5.74) is -1.71. The molecule has 2 fully saturated rings. The molecule has 1 spiro atoms. The molecule has 0 radical (unpaired) electrons. The van der Waals surface area contributed by atoms with Crippen LogP contribution in [0.1, 0.15) is 72.1 Å². The third-order valence-electron chi connectivity index (χ3n) is 9.46. The van der Waals surface area contributed by atoms with Gasteiger partial charge in [-0.2, -0.15) is 13.2 Å². The maximum absolute atomic E-state index is 13.4. The Labute approximate surface area is 290 Å². The topological polar surface area (TPSA) is 118 Å². The SMILES string of the molecule is Cc1cc(C(=O)N2CCC(O)(CF)CC2)cc(C)c1/C=C/[S+]([O-])N1CCC2(CC1)N=C(c1ccc(Cl)c(OC(C)(C)C(F)(F)F)c1)NC2=O. The lowest BCUT2D eigenvalue weighted by Gasteiger charge is -2.36. The Kier molecular flexibility index (Phi) is 10.5. The summed E-state index contributed by atoms with van der Waals surface area (Å²) in [6.45, 7) is 5.80. The van der Waals surface area contributed by atoms with Gasteiger partial charge in [-0.15, -0.1) is 4.31 Å². The first-order chi connectivity index (χ1) is 22.9. The van der Waals surface area contributed by atoms with Crippen molar-refractivity contribution in [3.63, 3.8) is 0 Å². The van der Waals surface area contributed by atoms with Crippen LogP contribution in [-0.2, 0) is 16.2 Å². The van der Waals surface area contributed by atoms with Crippen LogP contribution in [0.3, 0.4) is 0 Å². The van der Waals surface area contributed by atoms with E-state index in [1.807, 2.05) is 13.8 Å². The highest BCUT2D eigenvalue weighted by atomic mass is 35.5. The van der Waals surface area contributed by atoms with Gasteiger partial charge in [-0.1, -0.05) is 11.6 Å². The maximum Gasteiger partial charge on any atom is 0.427 e. The summed E-state index contributed by atoms with van der Waals surface area (Å²) in [7, 11) is 0. The number of piperidine rings is 2. The minimum Gasteiger partial charge on any atom is -0.593 e. The minimum absolute atomic E-state index is 0.0213. The fraction of sp³-hybridized carbons (Fsp3) is 0.500. The van der Waals surface area contributed by atoms with Crippen molar-refractivity contribution in [1.82, 2.24) is 14.5 Å². The fourth-order valence-electron chi connectivity index (χ4n) is 6.11. The first-order valence-electron chi connectivity index (χ1n) is 15.9. The normalized spacial score (nSPS) is 20.4. The smallest absolute Gasteiger partial charge is 0.427 e. The number of nitrogens with zero attached hydrogens (tertiary/aromatic N) is 3. The van der Waals surface area contributed by atoms with Gasteiger partial charge in [-0.05, 0) is 106 Å². The van der Waals surface area contributed by atoms with Crippen molar-refractivity contribution < 1.29 is 41.5 Å². The highest BCUT2D eigenvalue weighted by molar-refractivity contribution is 7.92. The number of aryl methyl sites for hydroxylation is 2. The number of nitrogens with one attached hydrogen (secondary N) is 1. The summed E-state index contributed by atoms with van der Waals surface area (Å²) in [5, 5.41) is 14.4. The van der Waals surface area contributed by atoms with Crippen LogP contribution in [-0.4, -0.2) is 92.3 Å². The molecule has 15 heteroatoms. The molecule has 3 aliphatic heterocycles. The van der Waals surface area contributed by atoms with Gasteiger partial charge in [-0.3, -0.25) is 14.6 Å². The molecule has 0 aliphatic carbocycles. The predicted octanol–water partition coefficient (Wildman–Crippen LogP) is 5.66. The van der Waals surface area contributed by atoms with Gasteiger partial charge in [0.15, 0.2) is 5.60 Å². The van der Waals surface area contributed by atoms with Crippen LogP contribution < -0.4 is 10.1 Å². The first kappa shape index (κ1) is 37.1. The molecule has 2 N–H and O–H groups in total. The molecule has 5 rings (SSSR count). The monoisotopic (exact) mass is 726 g/mol. The Morgan fingerprint density at radius 3 is 2.29 bits per heavy atom. The molecule has 9 nitrogen and oxygen atoms in total. The van der Waals surface area contributed by atoms with E-state index in [-0.39, 0.29) is 67.2 Å². The summed E-state index contributed by atoms with van der Waals surface area (Å²) < 4.78 is 73.6. The number of hydrogen-bond acceptors (Lipinski definition) is 7. The quantitative estimate of drug-likeness (QED) is 0.268. The zero-order valence-electron chi connectivity index (χ0n) is 27.6. The Morgan fingerprint density at radius 1 is 1.10 bits per heavy atom. The Balaban J connectivity index is 1.22. The molecular weight excluding hydrogens is 688 g/mol. The summed E-state index contributed by atoms with van der Waals surface area (Å²) in [6, 6.07) is 7.77. The molecule has 2 aromatic rings. The Hall–Kier alpha value is -3.17. The van der Waals surface area contributed by atoms with E-state index >= 15 is 0 Å². The van der Waals surface area contributed by atoms with E-state index < -0.39 is 41.0 Å². The number of likely N-dealkylation sites (tertiary alicyclic amines) is 1. The number of aliphatic imine (C=N–C) groups is 1. The van der Waals surface area contributed by atoms with Crippen LogP contribution in [0, 0.1) is 13.8 Å². The molecule has 2 aromatic carbocycles. The molecule has 266 valence electrons. The molecule has 1 atom stereocenters. The van der Waals surface area contributed by atoms with Gasteiger partial charge >= 0.3 is 6.18 Å². The third-order valence-corrected chi connectivity index (χ3v) is 11.0. The van der Waals surface area contributed by atoms with E-state index in [1.54, 1.807) is 32.8 Å². The zero-order chi connectivity index (χ0) is 35.9. The Bertz CT molecular complexity index is 1650. The van der Waals surface area contributed by atoms with E-state index in [0.717, 1.165) is 30.5 Å². The van der Waals surface area contributed by atoms with E-state index in [4.69, 9.17) is 16.3 Å². The average molecular weight is 727 g/mol. The third kappa shape index (κ3) is 7.78. The lowest BCUT2D eigenvalue weighted by molar-refractivity contribution is -0.234. The van der Waals surface area contributed by atoms with Gasteiger partial charge in [-0.25, -0.2) is 4.39 Å². The van der Waals surface area contributed by atoms with E-state index in [9.17, 15) is 36.8 Å². The molecule has 1 unspecified atom stereocenters. The van der Waals surface area contributed by atoms with Crippen molar-refractivity contribution in [2.24, 2.45) is 4.99 Å². The first-order valence-corrected chi connectivity index (χ1v) is 17.4. The highest BCUT2D eigenvalue weighted by Crippen LogP contribution is 2.38. The molecular formula is C34H39ClF4N4O5S. The van der Waals surface area contributed by atoms with Crippen molar-refractivity contribution in [3.8, 4) is 5.75 Å². The molecule has 3 aliphatic rings. The molecule has 2 amide bonds. The number of hydrogen-bond donors (Lipinski definition) is 2. The summed E-state index contributed by atoms with van der Waals surface area (Å²) in [5.74, 6) is -0.538. The second-order valence-electron chi connectivity index (χ2n) is 13.4. The number of alkyl halides is 4. The van der Waals surface area contributed by atoms with Crippen LogP contribution in [0.4, 0.5) is 17.6 Å². The number of amides is 2. The van der Waals surface area contributed by atoms with E-state index in [0.29, 0.717) is 24.2 Å². The van der Waals surface area contributed by atoms with E-state index in [2.05, 4.69) is 10.3 Å². The fourth-order valence-corrected chi connectivity index (χ4v) is 7.23. The van der Waals surface area contributed by atoms with Gasteiger partial charge < -0.3 is 24.6 Å². The van der Waals surface area contributed by atoms with Gasteiger partial charge in [0.05, 0.1) is 22.0 Å². The largest absolute Gasteiger partial charge is 0.593 e. The predicted molar refractivity (Wildman–Crippen MR) is 180 cm³/mol. The number of benzene rings is 2. The lowest BCUT2D eigenvalue weighted by atomic mass is 9.89. The van der Waals surface area contributed by atoms with Crippen LogP contribution >= 0.6 is 11.6 Å². The van der Waals surface area contributed by atoms with Crippen molar-refractivity contribution in [3.05, 3.63) is 68.6 Å². The summed E-state index contributed by atoms with van der Waals surface area (Å²) >= 11 is 4.60. The Morgan fingerprint density at radius 2 is 1.71 bits per heavy atom. The summed E-state index contributed by atoms with van der Waals surface area (Å²) in [6.07, 6.45) is -1.99. The van der Waals surface area contributed by atoms with Gasteiger partial charge in [0.1, 0.15) is 29.2 Å². The molecule has 49 heavy (non-hydrogen) atoms. The zero-order valence-corrected chi connectivity index (χ0v) is 29.2. The number of aliphatic hydroxyl groups is 1. The second-order valence-corrected chi connectivity index (χ2v) is 15.1. The van der Waals surface area contributed by atoms with Crippen LogP contribution in [0.5, 0.6) is 5.75 Å². The van der Waals surface area contributed by atoms with Crippen LogP contribution in [0.2, 0.25) is 5.02 Å². The molecule has 0 aromatic heterocycles. The van der Waals surface area contributed by atoms with Crippen molar-refractivity contribution in [1.29, 1.82) is 0 Å². The van der Waals surface area contributed by atoms with Crippen molar-refractivity contribution in [2.75, 3.05) is 32.9 Å². The number of carbonyl (C=O) groups excluding carboxylic acids is 2. The number of ether oxygens (including phenoxy) is 1. The standard InChI is InChI=1S/C34H39ClF4N4O5S/c1-21-17-24(29(44)42-12-8-32(46,20-36)9-13-42)18-22(2)25(21)7-16-49(47)43-14-10-33(11-15-43)30(45)40-28(41-33)23-5-6-26(35)27(19-23)48-31(3,4)34(37,38)39/h5-7,16-19,46H,8-15,20H2,1-4H3,(H,40,41,45)/b16-7+. The average Bonchev–Trinajstić information content (AvgIpc) is 3.35. The molecule has 0 bridgehead atoms. The summed E-state index contributed by atoms with van der Waals surface area (Å²) in [4.78, 5) is 32.5. The number of rotatable bonds is 8. The second kappa shape index (κ2) is 13.9. The van der Waals surface area contributed by atoms with Gasteiger partial charge in [0.25, 0.3) is 11.8 Å². The van der Waals surface area contributed by atoms with Crippen molar-refractivity contribution >= 4 is 46.7 Å². The molecule has 2 saturated heterocycles. The maximum atomic E-state index is 13.4. The highest BCUT2D eigenvalue weighted by Gasteiger charge is 2.50. The van der Waals surface area contributed by atoms with Gasteiger partial charge in [0.2, 0.25) is 0 Å². The van der Waals surface area contributed by atoms with Gasteiger partial charge in [0, 0.05) is 37.3 Å². The number of halogens is 5. The van der Waals surface area contributed by atoms with Crippen LogP contribution in [0.25, 0.3) is 6.08 Å².